The number of methoxy groups -OCH3 is 4. The van der Waals surface area contributed by atoms with Crippen LogP contribution in [0.1, 0.15) is 0 Å². The highest BCUT2D eigenvalue weighted by Crippen LogP contribution is 2.39. The second-order valence-electron chi connectivity index (χ2n) is 6.98. The van der Waals surface area contributed by atoms with Crippen molar-refractivity contribution in [3.63, 3.8) is 0 Å². The summed E-state index contributed by atoms with van der Waals surface area (Å²) < 4.78 is 27.4. The summed E-state index contributed by atoms with van der Waals surface area (Å²) >= 11 is 0. The summed E-state index contributed by atoms with van der Waals surface area (Å²) in [6.07, 6.45) is 0. The van der Waals surface area contributed by atoms with Gasteiger partial charge in [0.25, 0.3) is 0 Å². The molecule has 7 nitrogen and oxygen atoms in total. The predicted octanol–water partition coefficient (Wildman–Crippen LogP) is 4.87. The van der Waals surface area contributed by atoms with Crippen molar-refractivity contribution in [2.45, 2.75) is 0 Å². The molecule has 0 fully saturated rings. The molecule has 0 unspecified atom stereocenters. The van der Waals surface area contributed by atoms with Crippen LogP contribution in [0.2, 0.25) is 0 Å². The van der Waals surface area contributed by atoms with Gasteiger partial charge < -0.3 is 28.5 Å². The van der Waals surface area contributed by atoms with E-state index < -0.39 is 0 Å². The van der Waals surface area contributed by atoms with Crippen LogP contribution in [0.5, 0.6) is 28.7 Å². The van der Waals surface area contributed by atoms with E-state index in [0.29, 0.717) is 34.3 Å². The molecule has 0 aliphatic heterocycles. The molecule has 0 spiro atoms. The molecule has 3 aromatic carbocycles. The Hall–Kier alpha value is -4.13. The zero-order valence-corrected chi connectivity index (χ0v) is 18.1. The van der Waals surface area contributed by atoms with Gasteiger partial charge in [-0.05, 0) is 35.9 Å². The molecular weight excluding hydrogens is 412 g/mol. The first-order valence-corrected chi connectivity index (χ1v) is 9.74. The quantitative estimate of drug-likeness (QED) is 0.463. The number of ether oxygens (including phenoxy) is 4. The number of benzene rings is 3. The fraction of sp³-hybridized carbons (Fsp3) is 0.160. The minimum absolute atomic E-state index is 0.100. The zero-order chi connectivity index (χ0) is 22.8. The Morgan fingerprint density at radius 3 is 2.09 bits per heavy atom. The first kappa shape index (κ1) is 21.1. The number of phenolic OH excluding ortho intramolecular Hbond substituents is 1. The van der Waals surface area contributed by atoms with E-state index in [-0.39, 0.29) is 22.1 Å². The summed E-state index contributed by atoms with van der Waals surface area (Å²) in [5.41, 5.74) is 2.15. The molecule has 4 rings (SSSR count). The Morgan fingerprint density at radius 2 is 1.41 bits per heavy atom. The van der Waals surface area contributed by atoms with E-state index in [0.717, 1.165) is 11.1 Å². The molecule has 0 atom stereocenters. The lowest BCUT2D eigenvalue weighted by Crippen LogP contribution is -2.01. The van der Waals surface area contributed by atoms with Gasteiger partial charge in [0.2, 0.25) is 0 Å². The third-order valence-electron chi connectivity index (χ3n) is 5.20. The smallest absolute Gasteiger partial charge is 0.197 e. The molecule has 0 aliphatic rings. The summed E-state index contributed by atoms with van der Waals surface area (Å²) in [5.74, 6) is 2.37. The van der Waals surface area contributed by atoms with Crippen molar-refractivity contribution in [3.05, 3.63) is 64.8 Å². The Labute approximate surface area is 184 Å². The van der Waals surface area contributed by atoms with E-state index in [1.165, 1.54) is 19.2 Å². The van der Waals surface area contributed by atoms with Gasteiger partial charge in [-0.1, -0.05) is 6.07 Å². The van der Waals surface area contributed by atoms with Crippen molar-refractivity contribution >= 4 is 11.0 Å². The first-order chi connectivity index (χ1) is 15.5. The number of fused-ring (bicyclic) bond motifs is 1. The van der Waals surface area contributed by atoms with Crippen LogP contribution in [0.15, 0.2) is 63.8 Å². The van der Waals surface area contributed by atoms with E-state index in [1.807, 2.05) is 24.3 Å². The van der Waals surface area contributed by atoms with Crippen LogP contribution in [0.25, 0.3) is 33.4 Å². The molecule has 0 radical (unpaired) electrons. The molecule has 164 valence electrons. The molecule has 0 saturated carbocycles. The fourth-order valence-corrected chi connectivity index (χ4v) is 3.59. The van der Waals surface area contributed by atoms with Gasteiger partial charge in [0, 0.05) is 29.3 Å². The van der Waals surface area contributed by atoms with Gasteiger partial charge in [0.15, 0.2) is 16.9 Å². The Kier molecular flexibility index (Phi) is 5.64. The highest BCUT2D eigenvalue weighted by molar-refractivity contribution is 5.86. The standard InChI is InChI=1S/C25H22O7/c1-28-16-11-18(26)25-19(27)13-22(32-24(25)12-16)15-6-7-20(29-2)17(9-15)14-5-8-21(30-3)23(10-14)31-4/h5-13,26H,1-4H3. The van der Waals surface area contributed by atoms with Gasteiger partial charge in [0.1, 0.15) is 34.0 Å². The maximum absolute atomic E-state index is 12.7. The summed E-state index contributed by atoms with van der Waals surface area (Å²) in [6.45, 7) is 0. The van der Waals surface area contributed by atoms with E-state index in [4.69, 9.17) is 23.4 Å². The van der Waals surface area contributed by atoms with Crippen LogP contribution < -0.4 is 24.4 Å². The van der Waals surface area contributed by atoms with E-state index in [1.54, 1.807) is 39.5 Å². The van der Waals surface area contributed by atoms with E-state index in [2.05, 4.69) is 0 Å². The minimum atomic E-state index is -0.357. The fourth-order valence-electron chi connectivity index (χ4n) is 3.59. The molecule has 1 N–H and O–H groups in total. The molecule has 0 saturated heterocycles. The molecule has 0 bridgehead atoms. The monoisotopic (exact) mass is 434 g/mol. The second kappa shape index (κ2) is 8.55. The van der Waals surface area contributed by atoms with Crippen molar-refractivity contribution < 1.29 is 28.5 Å². The summed E-state index contributed by atoms with van der Waals surface area (Å²) in [5, 5.41) is 10.3. The van der Waals surface area contributed by atoms with Crippen LogP contribution >= 0.6 is 0 Å². The minimum Gasteiger partial charge on any atom is -0.507 e. The molecule has 0 amide bonds. The normalized spacial score (nSPS) is 10.8. The Balaban J connectivity index is 1.89. The summed E-state index contributed by atoms with van der Waals surface area (Å²) in [4.78, 5) is 12.7. The zero-order valence-electron chi connectivity index (χ0n) is 18.1. The molecule has 0 aliphatic carbocycles. The highest BCUT2D eigenvalue weighted by Gasteiger charge is 2.16. The Morgan fingerprint density at radius 1 is 0.719 bits per heavy atom. The summed E-state index contributed by atoms with van der Waals surface area (Å²) in [7, 11) is 6.21. The summed E-state index contributed by atoms with van der Waals surface area (Å²) in [6, 6.07) is 15.3. The van der Waals surface area contributed by atoms with Gasteiger partial charge in [-0.15, -0.1) is 0 Å². The van der Waals surface area contributed by atoms with Crippen LogP contribution in [-0.2, 0) is 0 Å². The molecule has 32 heavy (non-hydrogen) atoms. The number of hydrogen-bond acceptors (Lipinski definition) is 7. The maximum atomic E-state index is 12.7. The predicted molar refractivity (Wildman–Crippen MR) is 121 cm³/mol. The van der Waals surface area contributed by atoms with Crippen molar-refractivity contribution in [1.29, 1.82) is 0 Å². The molecule has 7 heteroatoms. The van der Waals surface area contributed by atoms with Gasteiger partial charge in [-0.25, -0.2) is 0 Å². The van der Waals surface area contributed by atoms with E-state index in [9.17, 15) is 9.90 Å². The average molecular weight is 434 g/mol. The van der Waals surface area contributed by atoms with E-state index >= 15 is 0 Å². The van der Waals surface area contributed by atoms with Gasteiger partial charge in [0.05, 0.1) is 28.4 Å². The lowest BCUT2D eigenvalue weighted by molar-refractivity contribution is 0.355. The van der Waals surface area contributed by atoms with Crippen molar-refractivity contribution in [2.24, 2.45) is 0 Å². The molecule has 4 aromatic rings. The van der Waals surface area contributed by atoms with Crippen molar-refractivity contribution in [1.82, 2.24) is 0 Å². The van der Waals surface area contributed by atoms with Crippen LogP contribution in [-0.4, -0.2) is 33.5 Å². The van der Waals surface area contributed by atoms with Crippen LogP contribution in [0.4, 0.5) is 0 Å². The lowest BCUT2D eigenvalue weighted by Gasteiger charge is -2.14. The van der Waals surface area contributed by atoms with Gasteiger partial charge in [-0.2, -0.15) is 0 Å². The van der Waals surface area contributed by atoms with Gasteiger partial charge in [-0.3, -0.25) is 4.79 Å². The molecule has 1 heterocycles. The average Bonchev–Trinajstić information content (AvgIpc) is 2.82. The van der Waals surface area contributed by atoms with Crippen LogP contribution in [0, 0.1) is 0 Å². The van der Waals surface area contributed by atoms with Gasteiger partial charge >= 0.3 is 0 Å². The third kappa shape index (κ3) is 3.69. The third-order valence-corrected chi connectivity index (χ3v) is 5.20. The van der Waals surface area contributed by atoms with Crippen molar-refractivity contribution in [2.75, 3.05) is 28.4 Å². The maximum Gasteiger partial charge on any atom is 0.197 e. The number of rotatable bonds is 6. The Bertz CT molecular complexity index is 1350. The van der Waals surface area contributed by atoms with Crippen LogP contribution in [0.3, 0.4) is 0 Å². The SMILES string of the molecule is COc1cc(O)c2c(=O)cc(-c3ccc(OC)c(-c4ccc(OC)c(OC)c4)c3)oc2c1. The topological polar surface area (TPSA) is 87.4 Å². The number of aromatic hydroxyl groups is 1. The molecule has 1 aromatic heterocycles. The lowest BCUT2D eigenvalue weighted by atomic mass is 10.00. The largest absolute Gasteiger partial charge is 0.507 e. The highest BCUT2D eigenvalue weighted by atomic mass is 16.5. The first-order valence-electron chi connectivity index (χ1n) is 9.74. The van der Waals surface area contributed by atoms with Crippen molar-refractivity contribution in [3.8, 4) is 51.2 Å². The number of phenols is 1. The number of hydrogen-bond donors (Lipinski definition) is 1. The second-order valence-corrected chi connectivity index (χ2v) is 6.98. The molecular formula is C25H22O7.